The third kappa shape index (κ3) is 1.90. The van der Waals surface area contributed by atoms with Crippen molar-refractivity contribution < 1.29 is 0 Å². The fraction of sp³-hybridized carbons (Fsp3) is 0.533. The van der Waals surface area contributed by atoms with Gasteiger partial charge < -0.3 is 5.32 Å². The summed E-state index contributed by atoms with van der Waals surface area (Å²) in [6, 6.07) is 2.41. The van der Waals surface area contributed by atoms with E-state index in [1.165, 1.54) is 0 Å². The molecule has 0 aromatic rings. The number of nitrogens with one attached hydrogen (secondary N) is 1. The Bertz CT molecular complexity index is 427. The van der Waals surface area contributed by atoms with Gasteiger partial charge >= 0.3 is 0 Å². The number of rotatable bonds is 1. The van der Waals surface area contributed by atoms with Crippen LogP contribution in [0.2, 0.25) is 0 Å². The van der Waals surface area contributed by atoms with Crippen LogP contribution in [0, 0.1) is 40.9 Å². The Hall–Kier alpha value is -1.51. The molecule has 1 fully saturated rings. The maximum atomic E-state index is 9.36. The number of terminal acetylenes is 1. The zero-order valence-electron chi connectivity index (χ0n) is 10.2. The standard InChI is InChI=1S/C15H18N2/c1-3-12-5-4-6-14(11-16)15(12,2)13-7-9-17-10-8-13/h1,4-6,13-14,17H,7-10H2,2H3. The lowest BCUT2D eigenvalue weighted by Gasteiger charge is -2.43. The zero-order chi connectivity index (χ0) is 12.3. The van der Waals surface area contributed by atoms with Gasteiger partial charge in [-0.05, 0) is 31.8 Å². The molecule has 0 bridgehead atoms. The van der Waals surface area contributed by atoms with Crippen LogP contribution in [0.5, 0.6) is 0 Å². The molecular formula is C15H18N2. The molecule has 2 rings (SSSR count). The van der Waals surface area contributed by atoms with Gasteiger partial charge in [-0.15, -0.1) is 6.42 Å². The van der Waals surface area contributed by atoms with E-state index in [0.717, 1.165) is 31.5 Å². The molecule has 0 radical (unpaired) electrons. The van der Waals surface area contributed by atoms with Crippen LogP contribution in [0.3, 0.4) is 0 Å². The first-order valence-corrected chi connectivity index (χ1v) is 6.19. The van der Waals surface area contributed by atoms with Crippen molar-refractivity contribution in [3.8, 4) is 18.4 Å². The topological polar surface area (TPSA) is 35.8 Å². The highest BCUT2D eigenvalue weighted by Crippen LogP contribution is 2.48. The summed E-state index contributed by atoms with van der Waals surface area (Å²) in [5.41, 5.74) is 0.804. The van der Waals surface area contributed by atoms with Crippen molar-refractivity contribution in [1.29, 1.82) is 5.26 Å². The molecule has 1 N–H and O–H groups in total. The first-order chi connectivity index (χ1) is 8.23. The fourth-order valence-electron chi connectivity index (χ4n) is 3.09. The number of hydrogen-bond donors (Lipinski definition) is 1. The van der Waals surface area contributed by atoms with E-state index in [0.29, 0.717) is 5.92 Å². The van der Waals surface area contributed by atoms with Gasteiger partial charge in [-0.2, -0.15) is 5.26 Å². The molecule has 1 aliphatic carbocycles. The van der Waals surface area contributed by atoms with Crippen molar-refractivity contribution in [3.63, 3.8) is 0 Å². The molecular weight excluding hydrogens is 208 g/mol. The molecule has 2 heteroatoms. The SMILES string of the molecule is C#CC1=CC=CC(C#N)C1(C)C1CCNCC1. The van der Waals surface area contributed by atoms with Gasteiger partial charge in [-0.3, -0.25) is 0 Å². The van der Waals surface area contributed by atoms with Crippen LogP contribution in [-0.4, -0.2) is 13.1 Å². The molecule has 88 valence electrons. The van der Waals surface area contributed by atoms with E-state index in [1.54, 1.807) is 0 Å². The van der Waals surface area contributed by atoms with Crippen molar-refractivity contribution >= 4 is 0 Å². The molecule has 0 spiro atoms. The molecule has 0 aromatic heterocycles. The molecule has 1 aliphatic heterocycles. The van der Waals surface area contributed by atoms with E-state index in [2.05, 4.69) is 24.2 Å². The lowest BCUT2D eigenvalue weighted by molar-refractivity contribution is 0.161. The second-order valence-electron chi connectivity index (χ2n) is 5.02. The smallest absolute Gasteiger partial charge is 0.0749 e. The van der Waals surface area contributed by atoms with E-state index in [4.69, 9.17) is 6.42 Å². The predicted octanol–water partition coefficient (Wildman–Crippen LogP) is 2.26. The predicted molar refractivity (Wildman–Crippen MR) is 68.9 cm³/mol. The van der Waals surface area contributed by atoms with Crippen LogP contribution in [-0.2, 0) is 0 Å². The minimum atomic E-state index is -0.180. The molecule has 2 unspecified atom stereocenters. The monoisotopic (exact) mass is 226 g/mol. The number of hydrogen-bond acceptors (Lipinski definition) is 2. The largest absolute Gasteiger partial charge is 0.317 e. The summed E-state index contributed by atoms with van der Waals surface area (Å²) in [5, 5.41) is 12.7. The average Bonchev–Trinajstić information content (AvgIpc) is 2.40. The van der Waals surface area contributed by atoms with Gasteiger partial charge in [0.2, 0.25) is 0 Å². The molecule has 0 aromatic carbocycles. The maximum absolute atomic E-state index is 9.36. The Morgan fingerprint density at radius 2 is 2.18 bits per heavy atom. The van der Waals surface area contributed by atoms with Crippen LogP contribution in [0.4, 0.5) is 0 Å². The highest BCUT2D eigenvalue weighted by molar-refractivity contribution is 5.42. The Labute approximate surface area is 103 Å². The van der Waals surface area contributed by atoms with E-state index in [9.17, 15) is 5.26 Å². The van der Waals surface area contributed by atoms with Gasteiger partial charge in [0.15, 0.2) is 0 Å². The first kappa shape index (κ1) is 12.0. The first-order valence-electron chi connectivity index (χ1n) is 6.19. The minimum absolute atomic E-state index is 0.0957. The molecule has 17 heavy (non-hydrogen) atoms. The van der Waals surface area contributed by atoms with Crippen molar-refractivity contribution in [2.45, 2.75) is 19.8 Å². The third-order valence-electron chi connectivity index (χ3n) is 4.27. The Morgan fingerprint density at radius 3 is 2.76 bits per heavy atom. The molecule has 0 saturated carbocycles. The molecule has 1 saturated heterocycles. The lowest BCUT2D eigenvalue weighted by Crippen LogP contribution is -2.42. The summed E-state index contributed by atoms with van der Waals surface area (Å²) in [4.78, 5) is 0. The van der Waals surface area contributed by atoms with Crippen molar-refractivity contribution in [3.05, 3.63) is 23.8 Å². The number of nitriles is 1. The van der Waals surface area contributed by atoms with Gasteiger partial charge in [0.25, 0.3) is 0 Å². The second-order valence-corrected chi connectivity index (χ2v) is 5.02. The van der Waals surface area contributed by atoms with Crippen molar-refractivity contribution in [2.24, 2.45) is 17.3 Å². The number of allylic oxidation sites excluding steroid dienone is 4. The summed E-state index contributed by atoms with van der Waals surface area (Å²) in [6.07, 6.45) is 13.7. The highest BCUT2D eigenvalue weighted by atomic mass is 14.9. The van der Waals surface area contributed by atoms with Gasteiger partial charge in [0, 0.05) is 11.0 Å². The third-order valence-corrected chi connectivity index (χ3v) is 4.27. The van der Waals surface area contributed by atoms with Gasteiger partial charge in [-0.1, -0.05) is 31.1 Å². The number of piperidine rings is 1. The summed E-state index contributed by atoms with van der Waals surface area (Å²) < 4.78 is 0. The Kier molecular flexibility index (Phi) is 3.36. The van der Waals surface area contributed by atoms with Crippen LogP contribution < -0.4 is 5.32 Å². The molecule has 1 heterocycles. The summed E-state index contributed by atoms with van der Waals surface area (Å²) in [5.74, 6) is 3.20. The van der Waals surface area contributed by atoms with E-state index in [1.807, 2.05) is 18.2 Å². The zero-order valence-corrected chi connectivity index (χ0v) is 10.2. The van der Waals surface area contributed by atoms with Crippen LogP contribution in [0.15, 0.2) is 23.8 Å². The summed E-state index contributed by atoms with van der Waals surface area (Å²) >= 11 is 0. The molecule has 2 aliphatic rings. The van der Waals surface area contributed by atoms with E-state index >= 15 is 0 Å². The average molecular weight is 226 g/mol. The Morgan fingerprint density at radius 1 is 1.47 bits per heavy atom. The quantitative estimate of drug-likeness (QED) is 0.696. The Balaban J connectivity index is 2.36. The van der Waals surface area contributed by atoms with Gasteiger partial charge in [-0.25, -0.2) is 0 Å². The van der Waals surface area contributed by atoms with Crippen molar-refractivity contribution in [2.75, 3.05) is 13.1 Å². The molecule has 0 amide bonds. The molecule has 2 atom stereocenters. The van der Waals surface area contributed by atoms with Gasteiger partial charge in [0.1, 0.15) is 0 Å². The summed E-state index contributed by atoms with van der Waals surface area (Å²) in [7, 11) is 0. The van der Waals surface area contributed by atoms with Crippen molar-refractivity contribution in [1.82, 2.24) is 5.32 Å². The highest BCUT2D eigenvalue weighted by Gasteiger charge is 2.44. The fourth-order valence-corrected chi connectivity index (χ4v) is 3.09. The van der Waals surface area contributed by atoms with Crippen LogP contribution in [0.25, 0.3) is 0 Å². The number of nitrogens with zero attached hydrogens (tertiary/aromatic N) is 1. The van der Waals surface area contributed by atoms with Crippen LogP contribution >= 0.6 is 0 Å². The minimum Gasteiger partial charge on any atom is -0.317 e. The lowest BCUT2D eigenvalue weighted by atomic mass is 9.60. The summed E-state index contributed by atoms with van der Waals surface area (Å²) in [6.45, 7) is 4.21. The normalized spacial score (nSPS) is 33.6. The maximum Gasteiger partial charge on any atom is 0.0749 e. The second kappa shape index (κ2) is 4.78. The van der Waals surface area contributed by atoms with Crippen LogP contribution in [0.1, 0.15) is 19.8 Å². The molecule has 2 nitrogen and oxygen atoms in total. The van der Waals surface area contributed by atoms with Gasteiger partial charge in [0.05, 0.1) is 12.0 Å². The van der Waals surface area contributed by atoms with E-state index in [-0.39, 0.29) is 11.3 Å². The van der Waals surface area contributed by atoms with E-state index < -0.39 is 0 Å².